The molecule has 0 fully saturated rings. The third-order valence-electron chi connectivity index (χ3n) is 4.23. The van der Waals surface area contributed by atoms with E-state index in [9.17, 15) is 0 Å². The molecule has 0 atom stereocenters. The number of methoxy groups -OCH3 is 1. The van der Waals surface area contributed by atoms with Gasteiger partial charge in [-0.3, -0.25) is 0 Å². The highest BCUT2D eigenvalue weighted by Gasteiger charge is 2.19. The van der Waals surface area contributed by atoms with Gasteiger partial charge in [-0.25, -0.2) is 9.58 Å². The first-order valence-electron chi connectivity index (χ1n) is 9.01. The number of rotatable bonds is 8. The average Bonchev–Trinajstić information content (AvgIpc) is 3.04. The quantitative estimate of drug-likeness (QED) is 0.298. The number of thiazole rings is 1. The van der Waals surface area contributed by atoms with Crippen LogP contribution < -0.4 is 14.3 Å². The summed E-state index contributed by atoms with van der Waals surface area (Å²) >= 11 is 1.68. The number of aromatic nitrogens is 1. The minimum absolute atomic E-state index is 0.746. The first-order valence-corrected chi connectivity index (χ1v) is 9.83. The van der Waals surface area contributed by atoms with Gasteiger partial charge in [-0.2, -0.15) is 0 Å². The third kappa shape index (κ3) is 4.02. The molecule has 26 heavy (non-hydrogen) atoms. The Morgan fingerprint density at radius 3 is 2.54 bits per heavy atom. The first-order chi connectivity index (χ1) is 12.8. The number of anilines is 1. The molecule has 0 amide bonds. The topological polar surface area (TPSA) is 41.1 Å². The molecule has 0 spiro atoms. The minimum Gasteiger partial charge on any atom is -0.497 e. The van der Waals surface area contributed by atoms with Crippen LogP contribution in [0.4, 0.5) is 10.8 Å². The number of aryl methyl sites for hydroxylation is 1. The Bertz CT molecular complexity index is 873. The van der Waals surface area contributed by atoms with Gasteiger partial charge in [0.1, 0.15) is 16.4 Å². The molecular formula is C20H25N4OS+. The number of hydrogen-bond donors (Lipinski definition) is 0. The van der Waals surface area contributed by atoms with Crippen molar-refractivity contribution in [2.24, 2.45) is 10.3 Å². The number of fused-ring (bicyclic) bond motifs is 1. The van der Waals surface area contributed by atoms with E-state index in [4.69, 9.17) is 4.74 Å². The zero-order valence-corrected chi connectivity index (χ0v) is 16.4. The predicted octanol–water partition coefficient (Wildman–Crippen LogP) is 5.52. The Balaban J connectivity index is 1.89. The summed E-state index contributed by atoms with van der Waals surface area (Å²) in [6.45, 7) is 5.98. The van der Waals surface area contributed by atoms with Crippen molar-refractivity contribution in [1.29, 1.82) is 0 Å². The predicted molar refractivity (Wildman–Crippen MR) is 107 cm³/mol. The van der Waals surface area contributed by atoms with Crippen LogP contribution in [-0.2, 0) is 6.54 Å². The van der Waals surface area contributed by atoms with Crippen LogP contribution in [0.3, 0.4) is 0 Å². The molecule has 0 radical (unpaired) electrons. The number of nitrogens with zero attached hydrogens (tertiary/aromatic N) is 4. The van der Waals surface area contributed by atoms with Gasteiger partial charge in [0.15, 0.2) is 0 Å². The van der Waals surface area contributed by atoms with E-state index in [0.717, 1.165) is 42.5 Å². The van der Waals surface area contributed by atoms with Crippen LogP contribution in [0.2, 0.25) is 0 Å². The fourth-order valence-electron chi connectivity index (χ4n) is 2.77. The third-order valence-corrected chi connectivity index (χ3v) is 5.28. The second-order valence-corrected chi connectivity index (χ2v) is 6.97. The Labute approximate surface area is 158 Å². The average molecular weight is 370 g/mol. The molecule has 3 aromatic rings. The van der Waals surface area contributed by atoms with Crippen molar-refractivity contribution >= 4 is 32.4 Å². The molecule has 6 heteroatoms. The normalized spacial score (nSPS) is 11.3. The van der Waals surface area contributed by atoms with Crippen molar-refractivity contribution in [3.05, 3.63) is 48.5 Å². The van der Waals surface area contributed by atoms with Gasteiger partial charge in [0, 0.05) is 6.54 Å². The maximum Gasteiger partial charge on any atom is 0.411 e. The molecule has 2 aromatic carbocycles. The van der Waals surface area contributed by atoms with Crippen LogP contribution in [0.5, 0.6) is 5.75 Å². The maximum absolute atomic E-state index is 5.22. The molecular weight excluding hydrogens is 344 g/mol. The Hall–Kier alpha value is -2.47. The van der Waals surface area contributed by atoms with Gasteiger partial charge >= 0.3 is 5.13 Å². The Kier molecular flexibility index (Phi) is 6.17. The van der Waals surface area contributed by atoms with Crippen LogP contribution >= 0.6 is 11.3 Å². The van der Waals surface area contributed by atoms with Crippen LogP contribution in [-0.4, -0.2) is 13.7 Å². The van der Waals surface area contributed by atoms with Crippen LogP contribution in [0.15, 0.2) is 58.9 Å². The molecule has 0 saturated heterocycles. The Morgan fingerprint density at radius 1 is 1.08 bits per heavy atom. The van der Waals surface area contributed by atoms with Crippen molar-refractivity contribution in [2.45, 2.75) is 33.2 Å². The summed E-state index contributed by atoms with van der Waals surface area (Å²) < 4.78 is 8.74. The maximum atomic E-state index is 5.22. The molecule has 0 aliphatic rings. The lowest BCUT2D eigenvalue weighted by Gasteiger charge is -2.12. The number of unbranched alkanes of at least 4 members (excludes halogenated alkanes) is 1. The van der Waals surface area contributed by atoms with E-state index in [0.29, 0.717) is 0 Å². The molecule has 0 aliphatic heterocycles. The number of benzene rings is 2. The summed E-state index contributed by atoms with van der Waals surface area (Å²) in [7, 11) is 1.67. The van der Waals surface area contributed by atoms with E-state index in [-0.39, 0.29) is 0 Å². The number of para-hydroxylation sites is 1. The summed E-state index contributed by atoms with van der Waals surface area (Å²) in [4.78, 5) is 0. The summed E-state index contributed by atoms with van der Waals surface area (Å²) in [6.07, 6.45) is 2.28. The monoisotopic (exact) mass is 369 g/mol. The zero-order chi connectivity index (χ0) is 18.4. The van der Waals surface area contributed by atoms with Gasteiger partial charge in [-0.05, 0) is 61.1 Å². The molecule has 0 bridgehead atoms. The van der Waals surface area contributed by atoms with Crippen LogP contribution in [0.25, 0.3) is 10.2 Å². The largest absolute Gasteiger partial charge is 0.497 e. The highest BCUT2D eigenvalue weighted by Crippen LogP contribution is 2.27. The van der Waals surface area contributed by atoms with E-state index < -0.39 is 0 Å². The van der Waals surface area contributed by atoms with Gasteiger partial charge in [-0.1, -0.05) is 25.5 Å². The molecule has 0 unspecified atom stereocenters. The summed E-state index contributed by atoms with van der Waals surface area (Å²) in [5, 5.41) is 11.9. The van der Waals surface area contributed by atoms with Crippen molar-refractivity contribution in [3.63, 3.8) is 0 Å². The van der Waals surface area contributed by atoms with Crippen molar-refractivity contribution in [2.75, 3.05) is 18.7 Å². The number of ether oxygens (including phenoxy) is 1. The van der Waals surface area contributed by atoms with Crippen molar-refractivity contribution in [3.8, 4) is 5.75 Å². The van der Waals surface area contributed by atoms with Crippen LogP contribution in [0.1, 0.15) is 26.7 Å². The highest BCUT2D eigenvalue weighted by atomic mass is 32.1. The van der Waals surface area contributed by atoms with Gasteiger partial charge in [0.05, 0.1) is 29.3 Å². The lowest BCUT2D eigenvalue weighted by molar-refractivity contribution is -0.655. The smallest absolute Gasteiger partial charge is 0.411 e. The summed E-state index contributed by atoms with van der Waals surface area (Å²) in [5.74, 6) is 0.837. The second-order valence-electron chi connectivity index (χ2n) is 5.96. The van der Waals surface area contributed by atoms with E-state index in [1.165, 1.54) is 10.2 Å². The fourth-order valence-corrected chi connectivity index (χ4v) is 3.78. The first kappa shape index (κ1) is 18.3. The molecule has 1 heterocycles. The standard InChI is InChI=1S/C20H25N4OS/c1-4-6-15-23-18-9-7-8-10-19(18)26-20(23)21-22-24(5-2)16-11-13-17(25-3)14-12-16/h7-14H,4-6,15H2,1-3H3/q+1. The van der Waals surface area contributed by atoms with Crippen LogP contribution in [0, 0.1) is 0 Å². The summed E-state index contributed by atoms with van der Waals surface area (Å²) in [5.41, 5.74) is 2.23. The van der Waals surface area contributed by atoms with E-state index in [2.05, 4.69) is 53.0 Å². The molecule has 136 valence electrons. The van der Waals surface area contributed by atoms with Gasteiger partial charge in [0.2, 0.25) is 0 Å². The molecule has 3 rings (SSSR count). The van der Waals surface area contributed by atoms with Gasteiger partial charge < -0.3 is 4.74 Å². The highest BCUT2D eigenvalue weighted by molar-refractivity contribution is 7.21. The zero-order valence-electron chi connectivity index (χ0n) is 15.6. The molecule has 1 aromatic heterocycles. The minimum atomic E-state index is 0.746. The molecule has 0 saturated carbocycles. The van der Waals surface area contributed by atoms with E-state index in [1.54, 1.807) is 18.4 Å². The number of hydrogen-bond acceptors (Lipinski definition) is 4. The van der Waals surface area contributed by atoms with Crippen molar-refractivity contribution in [1.82, 2.24) is 0 Å². The van der Waals surface area contributed by atoms with E-state index in [1.807, 2.05) is 29.3 Å². The Morgan fingerprint density at radius 2 is 1.85 bits per heavy atom. The molecule has 5 nitrogen and oxygen atoms in total. The van der Waals surface area contributed by atoms with Gasteiger partial charge in [-0.15, -0.1) is 0 Å². The lowest BCUT2D eigenvalue weighted by atomic mass is 10.3. The molecule has 0 aliphatic carbocycles. The van der Waals surface area contributed by atoms with Crippen molar-refractivity contribution < 1.29 is 9.30 Å². The summed E-state index contributed by atoms with van der Waals surface area (Å²) in [6, 6.07) is 16.3. The van der Waals surface area contributed by atoms with E-state index >= 15 is 0 Å². The lowest BCUT2D eigenvalue weighted by Crippen LogP contribution is -2.32. The second kappa shape index (κ2) is 8.76. The van der Waals surface area contributed by atoms with Gasteiger partial charge in [0.25, 0.3) is 0 Å². The SMILES string of the molecule is CCCC[n+]1c(/N=N/N(CC)c2ccc(OC)cc2)sc2ccccc21. The molecule has 0 N–H and O–H groups in total. The fraction of sp³-hybridized carbons (Fsp3) is 0.350.